The molecule has 0 aliphatic heterocycles. The van der Waals surface area contributed by atoms with Crippen molar-refractivity contribution in [3.8, 4) is 0 Å². The summed E-state index contributed by atoms with van der Waals surface area (Å²) in [4.78, 5) is 0. The highest BCUT2D eigenvalue weighted by Gasteiger charge is 2.30. The lowest BCUT2D eigenvalue weighted by molar-refractivity contribution is -0.305. The van der Waals surface area contributed by atoms with Crippen molar-refractivity contribution in [2.45, 2.75) is 12.2 Å². The minimum atomic E-state index is -2.66. The molecule has 0 bridgehead atoms. The van der Waals surface area contributed by atoms with Gasteiger partial charge in [-0.3, -0.25) is 5.32 Å². The number of hydrogen-bond donors (Lipinski definition) is 7. The van der Waals surface area contributed by atoms with Crippen molar-refractivity contribution in [1.29, 1.82) is 0 Å². The topological polar surface area (TPSA) is 131 Å². The van der Waals surface area contributed by atoms with Crippen LogP contribution < -0.4 is 16.4 Å². The van der Waals surface area contributed by atoms with Crippen molar-refractivity contribution in [3.63, 3.8) is 0 Å². The summed E-state index contributed by atoms with van der Waals surface area (Å²) in [6.07, 6.45) is -2.23. The Morgan fingerprint density at radius 2 is 1.77 bits per heavy atom. The lowest BCUT2D eigenvalue weighted by Gasteiger charge is -2.24. The van der Waals surface area contributed by atoms with Crippen molar-refractivity contribution >= 4 is 0 Å². The van der Waals surface area contributed by atoms with Gasteiger partial charge in [0.2, 0.25) is 6.29 Å². The third-order valence-electron chi connectivity index (χ3n) is 1.37. The Hall–Kier alpha value is -0.280. The summed E-state index contributed by atoms with van der Waals surface area (Å²) in [7, 11) is 0. The molecule has 0 saturated heterocycles. The molecule has 0 heterocycles. The van der Waals surface area contributed by atoms with Gasteiger partial charge in [-0.25, -0.2) is 0 Å². The van der Waals surface area contributed by atoms with Crippen LogP contribution in [0.3, 0.4) is 0 Å². The van der Waals surface area contributed by atoms with Gasteiger partial charge in [-0.05, 0) is 0 Å². The Morgan fingerprint density at radius 3 is 2.23 bits per heavy atom. The van der Waals surface area contributed by atoms with Gasteiger partial charge in [-0.1, -0.05) is 0 Å². The smallest absolute Gasteiger partial charge is 0.276 e. The average molecular weight is 195 g/mol. The molecular weight excluding hydrogens is 178 g/mol. The number of nitrogens with two attached hydrogens (primary N) is 1. The summed E-state index contributed by atoms with van der Waals surface area (Å²) in [5.41, 5.74) is 5.18. The van der Waals surface area contributed by atoms with Gasteiger partial charge in [0, 0.05) is 26.2 Å². The number of hydrogen-bond acceptors (Lipinski definition) is 7. The molecule has 0 saturated carbocycles. The van der Waals surface area contributed by atoms with Crippen LogP contribution in [0.1, 0.15) is 0 Å². The number of aliphatic hydroxyl groups is 4. The molecule has 0 spiro atoms. The van der Waals surface area contributed by atoms with Crippen LogP contribution in [0.2, 0.25) is 0 Å². The van der Waals surface area contributed by atoms with Gasteiger partial charge in [-0.15, -0.1) is 0 Å². The van der Waals surface area contributed by atoms with Gasteiger partial charge < -0.3 is 31.5 Å². The molecule has 0 aromatic carbocycles. The number of aliphatic hydroxyl groups excluding tert-OH is 1. The number of rotatable bonds is 7. The van der Waals surface area contributed by atoms with Crippen LogP contribution in [0, 0.1) is 0 Å². The maximum absolute atomic E-state index is 8.84. The third-order valence-corrected chi connectivity index (χ3v) is 1.37. The van der Waals surface area contributed by atoms with Crippen molar-refractivity contribution < 1.29 is 20.4 Å². The average Bonchev–Trinajstić information content (AvgIpc) is 2.03. The van der Waals surface area contributed by atoms with Gasteiger partial charge in [0.15, 0.2) is 0 Å². The third kappa shape index (κ3) is 5.88. The first kappa shape index (κ1) is 12.7. The molecule has 13 heavy (non-hydrogen) atoms. The molecule has 0 fully saturated rings. The standard InChI is InChI=1S/C6H17N3O4/c7-1-2-8-3-4-9-6(12,13)5(10)11/h5,8-13H,1-4,7H2. The lowest BCUT2D eigenvalue weighted by atomic mass is 10.4. The molecule has 0 atom stereocenters. The maximum atomic E-state index is 8.84. The SMILES string of the molecule is NCCNCCNC(O)(O)C(O)O. The minimum absolute atomic E-state index is 0.185. The zero-order valence-electron chi connectivity index (χ0n) is 7.27. The van der Waals surface area contributed by atoms with Crippen molar-refractivity contribution in [3.05, 3.63) is 0 Å². The van der Waals surface area contributed by atoms with E-state index in [0.29, 0.717) is 19.6 Å². The molecule has 0 radical (unpaired) electrons. The molecule has 0 aromatic heterocycles. The fraction of sp³-hybridized carbons (Fsp3) is 1.00. The molecule has 0 unspecified atom stereocenters. The van der Waals surface area contributed by atoms with E-state index in [2.05, 4.69) is 10.6 Å². The highest BCUT2D eigenvalue weighted by molar-refractivity contribution is 4.64. The fourth-order valence-electron chi connectivity index (χ4n) is 0.653. The first-order valence-corrected chi connectivity index (χ1v) is 3.97. The van der Waals surface area contributed by atoms with E-state index in [-0.39, 0.29) is 6.54 Å². The second-order valence-electron chi connectivity index (χ2n) is 2.57. The lowest BCUT2D eigenvalue weighted by Crippen LogP contribution is -2.56. The van der Waals surface area contributed by atoms with E-state index in [0.717, 1.165) is 0 Å². The van der Waals surface area contributed by atoms with Crippen LogP contribution in [0.25, 0.3) is 0 Å². The molecular formula is C6H17N3O4. The molecule has 0 aromatic rings. The molecule has 7 nitrogen and oxygen atoms in total. The van der Waals surface area contributed by atoms with Crippen molar-refractivity contribution in [2.24, 2.45) is 5.73 Å². The van der Waals surface area contributed by atoms with E-state index in [1.165, 1.54) is 0 Å². The normalized spacial score (nSPS) is 12.5. The van der Waals surface area contributed by atoms with Crippen LogP contribution in [0.5, 0.6) is 0 Å². The van der Waals surface area contributed by atoms with Gasteiger partial charge in [0.1, 0.15) is 0 Å². The molecule has 7 heteroatoms. The predicted octanol–water partition coefficient (Wildman–Crippen LogP) is -3.93. The molecule has 0 rings (SSSR count). The Morgan fingerprint density at radius 1 is 1.15 bits per heavy atom. The van der Waals surface area contributed by atoms with Crippen molar-refractivity contribution in [1.82, 2.24) is 10.6 Å². The van der Waals surface area contributed by atoms with Gasteiger partial charge in [0.25, 0.3) is 5.91 Å². The monoisotopic (exact) mass is 195 g/mol. The van der Waals surface area contributed by atoms with E-state index in [4.69, 9.17) is 26.2 Å². The van der Waals surface area contributed by atoms with Gasteiger partial charge in [0.05, 0.1) is 0 Å². The summed E-state index contributed by atoms with van der Waals surface area (Å²) >= 11 is 0. The van der Waals surface area contributed by atoms with E-state index in [1.54, 1.807) is 0 Å². The van der Waals surface area contributed by atoms with Crippen LogP contribution in [0.4, 0.5) is 0 Å². The maximum Gasteiger partial charge on any atom is 0.276 e. The first-order valence-electron chi connectivity index (χ1n) is 3.97. The summed E-state index contributed by atoms with van der Waals surface area (Å²) in [5.74, 6) is -2.66. The van der Waals surface area contributed by atoms with Crippen molar-refractivity contribution in [2.75, 3.05) is 26.2 Å². The molecule has 80 valence electrons. The zero-order chi connectivity index (χ0) is 10.3. The van der Waals surface area contributed by atoms with Crippen LogP contribution >= 0.6 is 0 Å². The van der Waals surface area contributed by atoms with Crippen LogP contribution in [-0.2, 0) is 0 Å². The zero-order valence-corrected chi connectivity index (χ0v) is 7.27. The fourth-order valence-corrected chi connectivity index (χ4v) is 0.653. The summed E-state index contributed by atoms with van der Waals surface area (Å²) in [5, 5.41) is 39.6. The first-order chi connectivity index (χ1) is 6.00. The number of nitrogens with one attached hydrogen (secondary N) is 2. The van der Waals surface area contributed by atoms with E-state index in [1.807, 2.05) is 0 Å². The Balaban J connectivity index is 3.41. The van der Waals surface area contributed by atoms with E-state index in [9.17, 15) is 0 Å². The highest BCUT2D eigenvalue weighted by Crippen LogP contribution is 1.96. The quantitative estimate of drug-likeness (QED) is 0.163. The second-order valence-corrected chi connectivity index (χ2v) is 2.57. The molecule has 0 amide bonds. The summed E-state index contributed by atoms with van der Waals surface area (Å²) < 4.78 is 0. The van der Waals surface area contributed by atoms with Crippen LogP contribution in [-0.4, -0.2) is 58.8 Å². The van der Waals surface area contributed by atoms with Crippen LogP contribution in [0.15, 0.2) is 0 Å². The molecule has 0 aliphatic rings. The van der Waals surface area contributed by atoms with E-state index < -0.39 is 12.2 Å². The second kappa shape index (κ2) is 6.22. The Labute approximate surface area is 76.2 Å². The van der Waals surface area contributed by atoms with Gasteiger partial charge in [-0.2, -0.15) is 0 Å². The summed E-state index contributed by atoms with van der Waals surface area (Å²) in [6, 6.07) is 0. The largest absolute Gasteiger partial charge is 0.363 e. The van der Waals surface area contributed by atoms with Gasteiger partial charge >= 0.3 is 0 Å². The predicted molar refractivity (Wildman–Crippen MR) is 45.3 cm³/mol. The summed E-state index contributed by atoms with van der Waals surface area (Å²) in [6.45, 7) is 1.75. The Bertz CT molecular complexity index is 131. The highest BCUT2D eigenvalue weighted by atomic mass is 16.6. The molecule has 0 aliphatic carbocycles. The minimum Gasteiger partial charge on any atom is -0.363 e. The Kier molecular flexibility index (Phi) is 6.08. The van der Waals surface area contributed by atoms with E-state index >= 15 is 0 Å². The molecule has 8 N–H and O–H groups in total.